The SMILES string of the molecule is CC(C)(C)OC(=O)N1CCN(CCn2ncc(Cl)c2C(=O)Nc2ncc(C#Cc3ccccc3)cc2F)CC1. The van der Waals surface area contributed by atoms with Gasteiger partial charge in [0.25, 0.3) is 5.91 Å². The van der Waals surface area contributed by atoms with E-state index in [0.29, 0.717) is 44.8 Å². The number of ether oxygens (including phenoxy) is 1. The zero-order valence-corrected chi connectivity index (χ0v) is 22.8. The smallest absolute Gasteiger partial charge is 0.410 e. The lowest BCUT2D eigenvalue weighted by Crippen LogP contribution is -2.50. The number of rotatable bonds is 5. The molecular weight excluding hydrogens is 523 g/mol. The van der Waals surface area contributed by atoms with Gasteiger partial charge in [-0.3, -0.25) is 14.4 Å². The van der Waals surface area contributed by atoms with Crippen molar-refractivity contribution < 1.29 is 18.7 Å². The molecule has 3 aromatic rings. The number of aromatic nitrogens is 3. The van der Waals surface area contributed by atoms with Crippen molar-refractivity contribution in [3.05, 3.63) is 76.5 Å². The van der Waals surface area contributed by atoms with E-state index in [1.807, 2.05) is 51.1 Å². The molecule has 204 valence electrons. The van der Waals surface area contributed by atoms with E-state index in [1.54, 1.807) is 4.90 Å². The van der Waals surface area contributed by atoms with Crippen molar-refractivity contribution in [1.82, 2.24) is 24.6 Å². The van der Waals surface area contributed by atoms with Gasteiger partial charge in [-0.15, -0.1) is 0 Å². The first-order valence-corrected chi connectivity index (χ1v) is 12.9. The van der Waals surface area contributed by atoms with Gasteiger partial charge in [0.2, 0.25) is 0 Å². The van der Waals surface area contributed by atoms with E-state index >= 15 is 0 Å². The second-order valence-corrected chi connectivity index (χ2v) is 10.4. The molecule has 9 nitrogen and oxygen atoms in total. The van der Waals surface area contributed by atoms with Gasteiger partial charge in [0.15, 0.2) is 11.6 Å². The lowest BCUT2D eigenvalue weighted by molar-refractivity contribution is 0.0142. The van der Waals surface area contributed by atoms with E-state index in [9.17, 15) is 14.0 Å². The van der Waals surface area contributed by atoms with E-state index in [0.717, 1.165) is 5.56 Å². The van der Waals surface area contributed by atoms with Gasteiger partial charge in [0.1, 0.15) is 11.3 Å². The van der Waals surface area contributed by atoms with Crippen molar-refractivity contribution in [3.8, 4) is 11.8 Å². The van der Waals surface area contributed by atoms with Crippen LogP contribution in [0.25, 0.3) is 0 Å². The predicted molar refractivity (Wildman–Crippen MR) is 146 cm³/mol. The normalized spacial score (nSPS) is 13.9. The zero-order chi connectivity index (χ0) is 28.0. The van der Waals surface area contributed by atoms with Crippen LogP contribution < -0.4 is 5.32 Å². The molecule has 39 heavy (non-hydrogen) atoms. The molecule has 4 rings (SSSR count). The molecule has 1 fully saturated rings. The Kier molecular flexibility index (Phi) is 8.84. The lowest BCUT2D eigenvalue weighted by Gasteiger charge is -2.35. The van der Waals surface area contributed by atoms with Crippen molar-refractivity contribution in [1.29, 1.82) is 0 Å². The number of halogens is 2. The van der Waals surface area contributed by atoms with Crippen molar-refractivity contribution in [3.63, 3.8) is 0 Å². The number of benzene rings is 1. The van der Waals surface area contributed by atoms with Crippen LogP contribution in [0.5, 0.6) is 0 Å². The minimum Gasteiger partial charge on any atom is -0.444 e. The number of anilines is 1. The summed E-state index contributed by atoms with van der Waals surface area (Å²) in [4.78, 5) is 33.1. The highest BCUT2D eigenvalue weighted by Gasteiger charge is 2.26. The summed E-state index contributed by atoms with van der Waals surface area (Å²) in [6, 6.07) is 10.5. The molecule has 2 aromatic heterocycles. The van der Waals surface area contributed by atoms with Crippen LogP contribution in [-0.4, -0.2) is 74.9 Å². The Balaban J connectivity index is 1.34. The van der Waals surface area contributed by atoms with Crippen molar-refractivity contribution in [2.45, 2.75) is 32.9 Å². The second-order valence-electron chi connectivity index (χ2n) is 10.00. The summed E-state index contributed by atoms with van der Waals surface area (Å²) in [6.45, 7) is 8.88. The van der Waals surface area contributed by atoms with Crippen LogP contribution in [0.3, 0.4) is 0 Å². The lowest BCUT2D eigenvalue weighted by atomic mass is 10.2. The number of hydrogen-bond donors (Lipinski definition) is 1. The highest BCUT2D eigenvalue weighted by atomic mass is 35.5. The van der Waals surface area contributed by atoms with Gasteiger partial charge in [-0.25, -0.2) is 14.2 Å². The molecule has 0 spiro atoms. The third kappa shape index (κ3) is 7.78. The quantitative estimate of drug-likeness (QED) is 0.475. The van der Waals surface area contributed by atoms with Gasteiger partial charge in [-0.2, -0.15) is 5.10 Å². The third-order valence-electron chi connectivity index (χ3n) is 5.86. The summed E-state index contributed by atoms with van der Waals surface area (Å²) in [7, 11) is 0. The molecule has 0 bridgehead atoms. The number of amides is 2. The van der Waals surface area contributed by atoms with E-state index in [2.05, 4.69) is 32.1 Å². The van der Waals surface area contributed by atoms with Gasteiger partial charge < -0.3 is 15.0 Å². The van der Waals surface area contributed by atoms with Gasteiger partial charge in [-0.1, -0.05) is 41.6 Å². The Morgan fingerprint density at radius 2 is 1.74 bits per heavy atom. The number of pyridine rings is 1. The molecule has 0 saturated carbocycles. The number of carbonyl (C=O) groups is 2. The van der Waals surface area contributed by atoms with E-state index < -0.39 is 17.3 Å². The summed E-state index contributed by atoms with van der Waals surface area (Å²) in [5.74, 6) is 4.23. The molecule has 1 N–H and O–H groups in total. The summed E-state index contributed by atoms with van der Waals surface area (Å²) in [5.41, 5.74) is 0.743. The fraction of sp³-hybridized carbons (Fsp3) is 0.357. The minimum absolute atomic E-state index is 0.109. The summed E-state index contributed by atoms with van der Waals surface area (Å²) in [6.07, 6.45) is 2.45. The first-order chi connectivity index (χ1) is 18.6. The van der Waals surface area contributed by atoms with Crippen molar-refractivity contribution >= 4 is 29.4 Å². The maximum Gasteiger partial charge on any atom is 0.410 e. The molecule has 0 radical (unpaired) electrons. The molecule has 1 aromatic carbocycles. The summed E-state index contributed by atoms with van der Waals surface area (Å²) in [5, 5.41) is 6.84. The molecule has 2 amide bonds. The number of nitrogens with zero attached hydrogens (tertiary/aromatic N) is 5. The molecule has 0 atom stereocenters. The topological polar surface area (TPSA) is 92.6 Å². The Labute approximate surface area is 231 Å². The molecule has 1 aliphatic heterocycles. The first kappa shape index (κ1) is 28.1. The van der Waals surface area contributed by atoms with Gasteiger partial charge in [-0.05, 0) is 39.0 Å². The van der Waals surface area contributed by atoms with E-state index in [-0.39, 0.29) is 22.6 Å². The second kappa shape index (κ2) is 12.3. The van der Waals surface area contributed by atoms with Crippen molar-refractivity contribution in [2.75, 3.05) is 38.0 Å². The molecule has 0 unspecified atom stereocenters. The Morgan fingerprint density at radius 3 is 2.41 bits per heavy atom. The fourth-order valence-electron chi connectivity index (χ4n) is 3.91. The predicted octanol–water partition coefficient (Wildman–Crippen LogP) is 4.28. The summed E-state index contributed by atoms with van der Waals surface area (Å²) >= 11 is 6.25. The van der Waals surface area contributed by atoms with E-state index in [4.69, 9.17) is 16.3 Å². The fourth-order valence-corrected chi connectivity index (χ4v) is 4.13. The molecule has 0 aliphatic carbocycles. The van der Waals surface area contributed by atoms with Crippen LogP contribution in [0.1, 0.15) is 42.4 Å². The monoisotopic (exact) mass is 552 g/mol. The highest BCUT2D eigenvalue weighted by molar-refractivity contribution is 6.34. The van der Waals surface area contributed by atoms with Crippen LogP contribution in [-0.2, 0) is 11.3 Å². The minimum atomic E-state index is -0.715. The van der Waals surface area contributed by atoms with Crippen LogP contribution in [0.15, 0.2) is 48.8 Å². The average Bonchev–Trinajstić information content (AvgIpc) is 3.27. The van der Waals surface area contributed by atoms with Crippen LogP contribution in [0, 0.1) is 17.7 Å². The van der Waals surface area contributed by atoms with Crippen LogP contribution >= 0.6 is 11.6 Å². The van der Waals surface area contributed by atoms with Crippen molar-refractivity contribution in [2.24, 2.45) is 0 Å². The number of hydrogen-bond acceptors (Lipinski definition) is 6. The standard InChI is InChI=1S/C28H30ClFN6O3/c1-28(2,3)39-27(38)35-14-11-34(12-15-35)13-16-36-24(22(29)19-32-36)26(37)33-25-23(30)17-21(18-31-25)10-9-20-7-5-4-6-8-20/h4-8,17-19H,11-16H2,1-3H3,(H,31,33,37). The number of nitrogens with one attached hydrogen (secondary N) is 1. The van der Waals surface area contributed by atoms with Gasteiger partial charge in [0.05, 0.1) is 17.8 Å². The highest BCUT2D eigenvalue weighted by Crippen LogP contribution is 2.19. The Bertz CT molecular complexity index is 1390. The van der Waals surface area contributed by atoms with E-state index in [1.165, 1.54) is 23.1 Å². The Hall–Kier alpha value is -3.94. The van der Waals surface area contributed by atoms with Gasteiger partial charge >= 0.3 is 6.09 Å². The molecule has 1 saturated heterocycles. The molecule has 3 heterocycles. The molecule has 1 aliphatic rings. The van der Waals surface area contributed by atoms with Crippen LogP contribution in [0.4, 0.5) is 15.0 Å². The maximum absolute atomic E-state index is 14.7. The average molecular weight is 553 g/mol. The van der Waals surface area contributed by atoms with Gasteiger partial charge in [0, 0.05) is 50.0 Å². The zero-order valence-electron chi connectivity index (χ0n) is 22.1. The third-order valence-corrected chi connectivity index (χ3v) is 6.14. The first-order valence-electron chi connectivity index (χ1n) is 12.5. The Morgan fingerprint density at radius 1 is 1.05 bits per heavy atom. The maximum atomic E-state index is 14.7. The molecule has 11 heteroatoms. The van der Waals surface area contributed by atoms with Crippen LogP contribution in [0.2, 0.25) is 5.02 Å². The number of carbonyl (C=O) groups excluding carboxylic acids is 2. The number of piperazine rings is 1. The summed E-state index contributed by atoms with van der Waals surface area (Å²) < 4.78 is 21.6. The molecular formula is C28H30ClFN6O3. The largest absolute Gasteiger partial charge is 0.444 e.